The molecule has 0 aromatic heterocycles. The number of hydrogen-bond donors (Lipinski definition) is 2. The molecular weight excluding hydrogens is 480 g/mol. The highest BCUT2D eigenvalue weighted by molar-refractivity contribution is 9.11. The summed E-state index contributed by atoms with van der Waals surface area (Å²) in [5.41, 5.74) is 1.10. The van der Waals surface area contributed by atoms with Gasteiger partial charge in [-0.25, -0.2) is 4.99 Å². The van der Waals surface area contributed by atoms with E-state index in [2.05, 4.69) is 42.2 Å². The zero-order chi connectivity index (χ0) is 17.3. The van der Waals surface area contributed by atoms with Gasteiger partial charge in [-0.3, -0.25) is 4.79 Å². The van der Waals surface area contributed by atoms with Gasteiger partial charge in [-0.2, -0.15) is 0 Å². The van der Waals surface area contributed by atoms with Gasteiger partial charge in [0.25, 0.3) is 5.91 Å². The van der Waals surface area contributed by atoms with Crippen LogP contribution in [0.15, 0.2) is 55.2 Å². The Bertz CT molecular complexity index is 900. The minimum Gasteiger partial charge on any atom is -0.506 e. The highest BCUT2D eigenvalue weighted by atomic mass is 79.9. The molecule has 0 aliphatic carbocycles. The Kier molecular flexibility index (Phi) is 5.34. The van der Waals surface area contributed by atoms with Crippen molar-refractivity contribution in [2.24, 2.45) is 4.99 Å². The number of para-hydroxylation sites is 1. The second kappa shape index (κ2) is 7.31. The zero-order valence-corrected chi connectivity index (χ0v) is 16.6. The fourth-order valence-electron chi connectivity index (χ4n) is 1.97. The molecule has 24 heavy (non-hydrogen) atoms. The summed E-state index contributed by atoms with van der Waals surface area (Å²) >= 11 is 13.9. The lowest BCUT2D eigenvalue weighted by Crippen LogP contribution is -2.19. The number of benzene rings is 2. The first-order chi connectivity index (χ1) is 11.4. The maximum atomic E-state index is 12.1. The summed E-state index contributed by atoms with van der Waals surface area (Å²) in [6, 6.07) is 10.6. The quantitative estimate of drug-likeness (QED) is 0.552. The Morgan fingerprint density at radius 1 is 1.25 bits per heavy atom. The Morgan fingerprint density at radius 2 is 2.00 bits per heavy atom. The van der Waals surface area contributed by atoms with Crippen molar-refractivity contribution in [3.8, 4) is 5.75 Å². The highest BCUT2D eigenvalue weighted by Gasteiger charge is 2.24. The lowest BCUT2D eigenvalue weighted by Gasteiger charge is -2.03. The number of carbonyl (C=O) groups excluding carboxylic acids is 1. The number of amides is 1. The number of carbonyl (C=O) groups is 1. The molecule has 8 heteroatoms. The van der Waals surface area contributed by atoms with Crippen LogP contribution in [-0.4, -0.2) is 16.2 Å². The summed E-state index contributed by atoms with van der Waals surface area (Å²) in [7, 11) is 0. The monoisotopic (exact) mass is 486 g/mol. The van der Waals surface area contributed by atoms with Gasteiger partial charge in [-0.1, -0.05) is 39.7 Å². The maximum Gasteiger partial charge on any atom is 0.264 e. The number of hydrogen-bond acceptors (Lipinski definition) is 4. The fraction of sp³-hybridized carbons (Fsp3) is 0. The van der Waals surface area contributed by atoms with E-state index in [1.807, 2.05) is 12.1 Å². The van der Waals surface area contributed by atoms with Gasteiger partial charge >= 0.3 is 0 Å². The molecule has 0 saturated carbocycles. The highest BCUT2D eigenvalue weighted by Crippen LogP contribution is 2.36. The molecule has 2 aromatic rings. The molecule has 2 aromatic carbocycles. The average Bonchev–Trinajstić information content (AvgIpc) is 2.86. The van der Waals surface area contributed by atoms with Crippen LogP contribution in [0.25, 0.3) is 6.08 Å². The average molecular weight is 489 g/mol. The molecule has 4 nitrogen and oxygen atoms in total. The third-order valence-electron chi connectivity index (χ3n) is 3.07. The van der Waals surface area contributed by atoms with Gasteiger partial charge in [-0.05, 0) is 58.0 Å². The van der Waals surface area contributed by atoms with E-state index in [9.17, 15) is 9.90 Å². The predicted octanol–water partition coefficient (Wildman–Crippen LogP) is 5.46. The van der Waals surface area contributed by atoms with Crippen molar-refractivity contribution in [3.63, 3.8) is 0 Å². The molecule has 2 N–H and O–H groups in total. The number of nitrogens with zero attached hydrogens (tertiary/aromatic N) is 1. The first kappa shape index (κ1) is 17.5. The molecule has 0 spiro atoms. The van der Waals surface area contributed by atoms with Crippen molar-refractivity contribution >= 4 is 78.1 Å². The SMILES string of the molecule is O=C1NC(=Nc2ccccc2Cl)S/C1=C/c1cc(Br)cc(Br)c1O. The Hall–Kier alpha value is -1.28. The summed E-state index contributed by atoms with van der Waals surface area (Å²) in [4.78, 5) is 16.9. The van der Waals surface area contributed by atoms with Crippen LogP contribution in [0.5, 0.6) is 5.75 Å². The second-order valence-corrected chi connectivity index (χ2v) is 7.97. The van der Waals surface area contributed by atoms with Crippen LogP contribution < -0.4 is 5.32 Å². The van der Waals surface area contributed by atoms with Crippen LogP contribution in [0, 0.1) is 0 Å². The lowest BCUT2D eigenvalue weighted by atomic mass is 10.2. The summed E-state index contributed by atoms with van der Waals surface area (Å²) in [5.74, 6) is -0.211. The lowest BCUT2D eigenvalue weighted by molar-refractivity contribution is -0.115. The molecule has 0 bridgehead atoms. The molecule has 0 radical (unpaired) electrons. The van der Waals surface area contributed by atoms with E-state index in [4.69, 9.17) is 11.6 Å². The van der Waals surface area contributed by atoms with Gasteiger partial charge < -0.3 is 10.4 Å². The van der Waals surface area contributed by atoms with Crippen molar-refractivity contribution in [1.82, 2.24) is 5.32 Å². The Morgan fingerprint density at radius 3 is 2.75 bits per heavy atom. The van der Waals surface area contributed by atoms with Gasteiger partial charge in [0.2, 0.25) is 0 Å². The van der Waals surface area contributed by atoms with Crippen molar-refractivity contribution in [2.75, 3.05) is 0 Å². The largest absolute Gasteiger partial charge is 0.506 e. The number of phenols is 1. The minimum absolute atomic E-state index is 0.0654. The summed E-state index contributed by atoms with van der Waals surface area (Å²) in [6.07, 6.45) is 1.61. The normalized spacial score (nSPS) is 17.5. The second-order valence-electron chi connectivity index (χ2n) is 4.76. The maximum absolute atomic E-state index is 12.1. The van der Waals surface area contributed by atoms with Gasteiger partial charge in [0.15, 0.2) is 5.17 Å². The van der Waals surface area contributed by atoms with E-state index in [0.717, 1.165) is 4.47 Å². The summed E-state index contributed by atoms with van der Waals surface area (Å²) < 4.78 is 1.32. The third kappa shape index (κ3) is 3.85. The van der Waals surface area contributed by atoms with E-state index < -0.39 is 0 Å². The molecule has 1 heterocycles. The standard InChI is InChI=1S/C16H9Br2ClN2O2S/c17-9-5-8(14(22)10(18)7-9)6-13-15(23)21-16(24-13)20-12-4-2-1-3-11(12)19/h1-7,22H,(H,20,21,23)/b13-6+. The van der Waals surface area contributed by atoms with E-state index in [1.54, 1.807) is 30.3 Å². The summed E-state index contributed by atoms with van der Waals surface area (Å²) in [6.45, 7) is 0. The van der Waals surface area contributed by atoms with Gasteiger partial charge in [0.1, 0.15) is 5.75 Å². The smallest absolute Gasteiger partial charge is 0.264 e. The number of nitrogens with one attached hydrogen (secondary N) is 1. The third-order valence-corrected chi connectivity index (χ3v) is 5.36. The van der Waals surface area contributed by atoms with Crippen LogP contribution >= 0.6 is 55.2 Å². The predicted molar refractivity (Wildman–Crippen MR) is 106 cm³/mol. The van der Waals surface area contributed by atoms with Crippen LogP contribution in [-0.2, 0) is 4.79 Å². The van der Waals surface area contributed by atoms with Gasteiger partial charge in [-0.15, -0.1) is 0 Å². The number of aliphatic imine (C=N–C) groups is 1. The topological polar surface area (TPSA) is 61.7 Å². The molecule has 1 amide bonds. The molecule has 122 valence electrons. The molecular formula is C16H9Br2ClN2O2S. The molecule has 1 aliphatic heterocycles. The van der Waals surface area contributed by atoms with Crippen molar-refractivity contribution in [2.45, 2.75) is 0 Å². The number of thioether (sulfide) groups is 1. The van der Waals surface area contributed by atoms with E-state index in [1.165, 1.54) is 11.8 Å². The van der Waals surface area contributed by atoms with E-state index >= 15 is 0 Å². The first-order valence-electron chi connectivity index (χ1n) is 6.66. The van der Waals surface area contributed by atoms with Crippen LogP contribution in [0.2, 0.25) is 5.02 Å². The van der Waals surface area contributed by atoms with E-state index in [-0.39, 0.29) is 11.7 Å². The van der Waals surface area contributed by atoms with Gasteiger partial charge in [0.05, 0.1) is 20.1 Å². The molecule has 1 fully saturated rings. The molecule has 0 atom stereocenters. The number of phenolic OH excluding ortho intramolecular Hbond substituents is 1. The molecule has 1 aliphatic rings. The minimum atomic E-state index is -0.277. The molecule has 3 rings (SSSR count). The van der Waals surface area contributed by atoms with Gasteiger partial charge in [0, 0.05) is 10.0 Å². The first-order valence-corrected chi connectivity index (χ1v) is 9.44. The number of aromatic hydroxyl groups is 1. The number of rotatable bonds is 2. The zero-order valence-electron chi connectivity index (χ0n) is 11.9. The van der Waals surface area contributed by atoms with Crippen molar-refractivity contribution in [3.05, 3.63) is 60.8 Å². The van der Waals surface area contributed by atoms with Crippen LogP contribution in [0.4, 0.5) is 5.69 Å². The summed E-state index contributed by atoms with van der Waals surface area (Å²) in [5, 5.41) is 13.7. The Labute approximate surface area is 164 Å². The van der Waals surface area contributed by atoms with Crippen molar-refractivity contribution < 1.29 is 9.90 Å². The molecule has 1 saturated heterocycles. The van der Waals surface area contributed by atoms with Crippen molar-refractivity contribution in [1.29, 1.82) is 0 Å². The Balaban J connectivity index is 1.92. The van der Waals surface area contributed by atoms with Crippen LogP contribution in [0.3, 0.4) is 0 Å². The number of amidine groups is 1. The molecule has 0 unspecified atom stereocenters. The van der Waals surface area contributed by atoms with Crippen LogP contribution in [0.1, 0.15) is 5.56 Å². The van der Waals surface area contributed by atoms with E-state index in [0.29, 0.717) is 30.8 Å². The number of halogens is 3. The fourth-order valence-corrected chi connectivity index (χ4v) is 4.23.